The first-order chi connectivity index (χ1) is 14.9. The maximum atomic E-state index is 12.4. The van der Waals surface area contributed by atoms with Crippen molar-refractivity contribution in [2.75, 3.05) is 12.0 Å². The first kappa shape index (κ1) is 22.2. The second kappa shape index (κ2) is 10.0. The third-order valence-electron chi connectivity index (χ3n) is 4.44. The van der Waals surface area contributed by atoms with Crippen molar-refractivity contribution >= 4 is 29.4 Å². The molecule has 0 saturated heterocycles. The normalized spacial score (nSPS) is 13.1. The molecular formula is C21H26N6O4. The van der Waals surface area contributed by atoms with Gasteiger partial charge in [-0.3, -0.25) is 14.3 Å². The van der Waals surface area contributed by atoms with E-state index in [1.807, 2.05) is 50.3 Å². The van der Waals surface area contributed by atoms with Crippen molar-refractivity contribution in [2.24, 2.45) is 12.1 Å². The largest absolute Gasteiger partial charge is 0.389 e. The van der Waals surface area contributed by atoms with Crippen LogP contribution in [0.3, 0.4) is 0 Å². The number of allylic oxidation sites excluding steroid dienone is 1. The van der Waals surface area contributed by atoms with E-state index in [4.69, 9.17) is 4.74 Å². The number of aliphatic hydroxyl groups excluding tert-OH is 1. The maximum Gasteiger partial charge on any atom is 0.329 e. The predicted molar refractivity (Wildman–Crippen MR) is 120 cm³/mol. The number of hydrogen-bond donors (Lipinski definition) is 3. The summed E-state index contributed by atoms with van der Waals surface area (Å²) in [5.41, 5.74) is 2.98. The van der Waals surface area contributed by atoms with E-state index in [-0.39, 0.29) is 36.4 Å². The van der Waals surface area contributed by atoms with Gasteiger partial charge in [-0.05, 0) is 25.5 Å². The van der Waals surface area contributed by atoms with E-state index in [9.17, 15) is 14.7 Å². The van der Waals surface area contributed by atoms with E-state index in [0.717, 1.165) is 5.56 Å². The SMILES string of the molecule is CC(C)OC[C@H](O)Cn1c(N/N=C/C=C/c2ccccc2)nc2c1c(=O)[nH]c(=O)n2C. The molecule has 0 unspecified atom stereocenters. The molecule has 10 heteroatoms. The van der Waals surface area contributed by atoms with E-state index in [2.05, 4.69) is 20.5 Å². The number of aromatic amines is 1. The molecule has 0 aliphatic heterocycles. The molecule has 0 aliphatic carbocycles. The lowest BCUT2D eigenvalue weighted by Crippen LogP contribution is -2.30. The summed E-state index contributed by atoms with van der Waals surface area (Å²) in [6.45, 7) is 3.85. The van der Waals surface area contributed by atoms with Crippen molar-refractivity contribution in [3.05, 3.63) is 62.8 Å². The Labute approximate surface area is 178 Å². The third-order valence-corrected chi connectivity index (χ3v) is 4.44. The molecule has 1 aromatic carbocycles. The lowest BCUT2D eigenvalue weighted by atomic mass is 10.2. The van der Waals surface area contributed by atoms with Crippen LogP contribution in [0.25, 0.3) is 17.2 Å². The number of aromatic nitrogens is 4. The molecular weight excluding hydrogens is 400 g/mol. The van der Waals surface area contributed by atoms with Gasteiger partial charge in [-0.1, -0.05) is 36.4 Å². The van der Waals surface area contributed by atoms with Crippen molar-refractivity contribution < 1.29 is 9.84 Å². The highest BCUT2D eigenvalue weighted by Crippen LogP contribution is 2.16. The number of anilines is 1. The minimum absolute atomic E-state index is 0.0300. The molecule has 0 amide bonds. The number of aryl methyl sites for hydroxylation is 1. The zero-order chi connectivity index (χ0) is 22.4. The Hall–Kier alpha value is -3.50. The van der Waals surface area contributed by atoms with Gasteiger partial charge in [-0.15, -0.1) is 0 Å². The summed E-state index contributed by atoms with van der Waals surface area (Å²) in [7, 11) is 1.51. The molecule has 164 valence electrons. The van der Waals surface area contributed by atoms with Gasteiger partial charge in [0.25, 0.3) is 5.56 Å². The summed E-state index contributed by atoms with van der Waals surface area (Å²) in [5, 5.41) is 14.5. The molecule has 0 fully saturated rings. The van der Waals surface area contributed by atoms with Gasteiger partial charge < -0.3 is 14.4 Å². The van der Waals surface area contributed by atoms with Gasteiger partial charge in [-0.25, -0.2) is 10.2 Å². The number of ether oxygens (including phenoxy) is 1. The number of rotatable bonds is 9. The molecule has 31 heavy (non-hydrogen) atoms. The van der Waals surface area contributed by atoms with Gasteiger partial charge in [0, 0.05) is 13.3 Å². The van der Waals surface area contributed by atoms with Crippen LogP contribution in [0.15, 0.2) is 51.1 Å². The van der Waals surface area contributed by atoms with Crippen molar-refractivity contribution in [1.82, 2.24) is 19.1 Å². The van der Waals surface area contributed by atoms with Crippen LogP contribution in [0.5, 0.6) is 0 Å². The molecule has 2 aromatic heterocycles. The van der Waals surface area contributed by atoms with Crippen LogP contribution in [0.2, 0.25) is 0 Å². The number of nitrogens with one attached hydrogen (secondary N) is 2. The average Bonchev–Trinajstić information content (AvgIpc) is 3.10. The summed E-state index contributed by atoms with van der Waals surface area (Å²) < 4.78 is 8.17. The molecule has 0 bridgehead atoms. The first-order valence-corrected chi connectivity index (χ1v) is 9.86. The van der Waals surface area contributed by atoms with E-state index < -0.39 is 17.4 Å². The number of fused-ring (bicyclic) bond motifs is 1. The highest BCUT2D eigenvalue weighted by molar-refractivity contribution is 5.79. The molecule has 0 aliphatic rings. The van der Waals surface area contributed by atoms with Gasteiger partial charge >= 0.3 is 5.69 Å². The van der Waals surface area contributed by atoms with Gasteiger partial charge in [0.15, 0.2) is 11.2 Å². The Morgan fingerprint density at radius 1 is 1.29 bits per heavy atom. The highest BCUT2D eigenvalue weighted by Gasteiger charge is 2.19. The standard InChI is InChI=1S/C21H26N6O4/c1-14(2)31-13-16(28)12-27-17-18(26(3)21(30)24-19(17)29)23-20(27)25-22-11-7-10-15-8-5-4-6-9-15/h4-11,14,16,28H,12-13H2,1-3H3,(H,23,25)(H,24,29,30)/b10-7+,22-11+/t16-/m1/s1. The average molecular weight is 426 g/mol. The Morgan fingerprint density at radius 2 is 2.03 bits per heavy atom. The minimum atomic E-state index is -0.890. The van der Waals surface area contributed by atoms with Crippen LogP contribution in [-0.4, -0.2) is 49.2 Å². The molecule has 0 spiro atoms. The number of nitrogens with zero attached hydrogens (tertiary/aromatic N) is 4. The lowest BCUT2D eigenvalue weighted by molar-refractivity contribution is -0.000105. The molecule has 2 heterocycles. The molecule has 3 N–H and O–H groups in total. The Morgan fingerprint density at radius 3 is 2.74 bits per heavy atom. The number of benzene rings is 1. The van der Waals surface area contributed by atoms with Gasteiger partial charge in [-0.2, -0.15) is 10.1 Å². The fourth-order valence-electron chi connectivity index (χ4n) is 2.92. The first-order valence-electron chi connectivity index (χ1n) is 9.86. The number of H-pyrrole nitrogens is 1. The molecule has 10 nitrogen and oxygen atoms in total. The van der Waals surface area contributed by atoms with Gasteiger partial charge in [0.05, 0.1) is 25.4 Å². The summed E-state index contributed by atoms with van der Waals surface area (Å²) in [6, 6.07) is 9.74. The lowest BCUT2D eigenvalue weighted by Gasteiger charge is -2.15. The van der Waals surface area contributed by atoms with Crippen LogP contribution in [0, 0.1) is 0 Å². The minimum Gasteiger partial charge on any atom is -0.389 e. The van der Waals surface area contributed by atoms with E-state index in [1.165, 1.54) is 22.4 Å². The fourth-order valence-corrected chi connectivity index (χ4v) is 2.92. The maximum absolute atomic E-state index is 12.4. The van der Waals surface area contributed by atoms with Gasteiger partial charge in [0.1, 0.15) is 0 Å². The number of hydrogen-bond acceptors (Lipinski definition) is 7. The molecule has 0 radical (unpaired) electrons. The molecule has 3 rings (SSSR count). The zero-order valence-electron chi connectivity index (χ0n) is 17.6. The quantitative estimate of drug-likeness (QED) is 0.350. The third kappa shape index (κ3) is 5.56. The topological polar surface area (TPSA) is 127 Å². The van der Waals surface area contributed by atoms with E-state index in [1.54, 1.807) is 6.08 Å². The number of aliphatic hydroxyl groups is 1. The Kier molecular flexibility index (Phi) is 7.16. The highest BCUT2D eigenvalue weighted by atomic mass is 16.5. The summed E-state index contributed by atoms with van der Waals surface area (Å²) in [5.74, 6) is 0.217. The van der Waals surface area contributed by atoms with Crippen LogP contribution < -0.4 is 16.7 Å². The number of imidazole rings is 1. The van der Waals surface area contributed by atoms with Gasteiger partial charge in [0.2, 0.25) is 5.95 Å². The van der Waals surface area contributed by atoms with Crippen LogP contribution in [-0.2, 0) is 18.3 Å². The van der Waals surface area contributed by atoms with Crippen LogP contribution in [0.1, 0.15) is 19.4 Å². The molecule has 3 aromatic rings. The summed E-state index contributed by atoms with van der Waals surface area (Å²) in [6.07, 6.45) is 4.24. The summed E-state index contributed by atoms with van der Waals surface area (Å²) in [4.78, 5) is 31.0. The summed E-state index contributed by atoms with van der Waals surface area (Å²) >= 11 is 0. The predicted octanol–water partition coefficient (Wildman–Crippen LogP) is 1.32. The smallest absolute Gasteiger partial charge is 0.329 e. The van der Waals surface area contributed by atoms with E-state index >= 15 is 0 Å². The number of hydrazone groups is 1. The van der Waals surface area contributed by atoms with Crippen molar-refractivity contribution in [2.45, 2.75) is 32.6 Å². The monoisotopic (exact) mass is 426 g/mol. The zero-order valence-corrected chi connectivity index (χ0v) is 17.6. The van der Waals surface area contributed by atoms with Crippen LogP contribution >= 0.6 is 0 Å². The Balaban J connectivity index is 1.88. The van der Waals surface area contributed by atoms with Crippen molar-refractivity contribution in [3.8, 4) is 0 Å². The second-order valence-corrected chi connectivity index (χ2v) is 7.23. The Bertz CT molecular complexity index is 1190. The van der Waals surface area contributed by atoms with E-state index in [0.29, 0.717) is 0 Å². The van der Waals surface area contributed by atoms with Crippen molar-refractivity contribution in [3.63, 3.8) is 0 Å². The fraction of sp³-hybridized carbons (Fsp3) is 0.333. The molecule has 1 atom stereocenters. The molecule has 0 saturated carbocycles. The van der Waals surface area contributed by atoms with Crippen molar-refractivity contribution in [1.29, 1.82) is 0 Å². The second-order valence-electron chi connectivity index (χ2n) is 7.23. The van der Waals surface area contributed by atoms with Crippen LogP contribution in [0.4, 0.5) is 5.95 Å².